The van der Waals surface area contributed by atoms with Crippen molar-refractivity contribution in [1.82, 2.24) is 9.47 Å². The molecule has 0 spiro atoms. The number of hydrogen-bond donors (Lipinski definition) is 0. The molecule has 1 amide bonds. The largest absolute Gasteiger partial charge is 0.493 e. The molecule has 0 aliphatic rings. The van der Waals surface area contributed by atoms with Gasteiger partial charge in [-0.3, -0.25) is 4.79 Å². The third-order valence-electron chi connectivity index (χ3n) is 6.50. The number of benzene rings is 3. The SMILES string of the molecule is COc1ccc(CCN(C)C(=O)c2cc(-c3ccc(Cl)cc3)n(-c3ccccc3C)c2C)cc1OC. The summed E-state index contributed by atoms with van der Waals surface area (Å²) in [7, 11) is 5.08. The Labute approximate surface area is 217 Å². The maximum absolute atomic E-state index is 13.6. The first kappa shape index (κ1) is 25.4. The maximum Gasteiger partial charge on any atom is 0.255 e. The summed E-state index contributed by atoms with van der Waals surface area (Å²) in [6.07, 6.45) is 0.699. The lowest BCUT2D eigenvalue weighted by atomic mass is 10.1. The first-order chi connectivity index (χ1) is 17.3. The average Bonchev–Trinajstić information content (AvgIpc) is 3.23. The van der Waals surface area contributed by atoms with Crippen molar-refractivity contribution in [3.05, 3.63) is 100 Å². The van der Waals surface area contributed by atoms with E-state index in [1.807, 2.05) is 74.6 Å². The molecule has 0 aliphatic carbocycles. The van der Waals surface area contributed by atoms with Crippen molar-refractivity contribution < 1.29 is 14.3 Å². The lowest BCUT2D eigenvalue weighted by Crippen LogP contribution is -2.29. The van der Waals surface area contributed by atoms with Crippen LogP contribution in [0.25, 0.3) is 16.9 Å². The van der Waals surface area contributed by atoms with E-state index >= 15 is 0 Å². The van der Waals surface area contributed by atoms with Crippen LogP contribution >= 0.6 is 11.6 Å². The topological polar surface area (TPSA) is 43.7 Å². The molecule has 1 heterocycles. The lowest BCUT2D eigenvalue weighted by Gasteiger charge is -2.18. The highest BCUT2D eigenvalue weighted by atomic mass is 35.5. The zero-order chi connectivity index (χ0) is 25.8. The van der Waals surface area contributed by atoms with Crippen LogP contribution in [0.2, 0.25) is 5.02 Å². The molecule has 0 aliphatic heterocycles. The van der Waals surface area contributed by atoms with E-state index < -0.39 is 0 Å². The molecule has 1 aromatic heterocycles. The number of carbonyl (C=O) groups excluding carboxylic acids is 1. The number of nitrogens with zero attached hydrogens (tertiary/aromatic N) is 2. The molecule has 0 saturated heterocycles. The number of halogens is 1. The number of para-hydroxylation sites is 1. The first-order valence-electron chi connectivity index (χ1n) is 11.8. The highest BCUT2D eigenvalue weighted by Gasteiger charge is 2.22. The lowest BCUT2D eigenvalue weighted by molar-refractivity contribution is 0.0796. The highest BCUT2D eigenvalue weighted by molar-refractivity contribution is 6.30. The third-order valence-corrected chi connectivity index (χ3v) is 6.76. The Morgan fingerprint density at radius 3 is 2.28 bits per heavy atom. The number of aromatic nitrogens is 1. The molecule has 5 nitrogen and oxygen atoms in total. The van der Waals surface area contributed by atoms with E-state index in [1.54, 1.807) is 19.1 Å². The Balaban J connectivity index is 1.66. The van der Waals surface area contributed by atoms with E-state index in [9.17, 15) is 4.79 Å². The molecule has 0 radical (unpaired) electrons. The minimum absolute atomic E-state index is 0.0180. The molecule has 0 fully saturated rings. The van der Waals surface area contributed by atoms with Gasteiger partial charge in [0.1, 0.15) is 0 Å². The van der Waals surface area contributed by atoms with Crippen LogP contribution in [0.1, 0.15) is 27.2 Å². The molecule has 0 atom stereocenters. The quantitative estimate of drug-likeness (QED) is 0.268. The second-order valence-corrected chi connectivity index (χ2v) is 9.26. The molecule has 0 unspecified atom stereocenters. The Kier molecular flexibility index (Phi) is 7.70. The number of ether oxygens (including phenoxy) is 2. The molecule has 4 aromatic rings. The van der Waals surface area contributed by atoms with Crippen molar-refractivity contribution in [1.29, 1.82) is 0 Å². The zero-order valence-electron chi connectivity index (χ0n) is 21.3. The van der Waals surface area contributed by atoms with Crippen molar-refractivity contribution >= 4 is 17.5 Å². The molecular weight excluding hydrogens is 472 g/mol. The molecule has 3 aromatic carbocycles. The number of methoxy groups -OCH3 is 2. The molecule has 186 valence electrons. The Morgan fingerprint density at radius 2 is 1.61 bits per heavy atom. The first-order valence-corrected chi connectivity index (χ1v) is 12.2. The van der Waals surface area contributed by atoms with E-state index in [2.05, 4.69) is 23.6 Å². The van der Waals surface area contributed by atoms with Crippen LogP contribution in [0.5, 0.6) is 11.5 Å². The van der Waals surface area contributed by atoms with E-state index in [0.717, 1.165) is 33.8 Å². The average molecular weight is 503 g/mol. The fourth-order valence-electron chi connectivity index (χ4n) is 4.42. The fraction of sp³-hybridized carbons (Fsp3) is 0.233. The summed E-state index contributed by atoms with van der Waals surface area (Å²) < 4.78 is 12.9. The van der Waals surface area contributed by atoms with Crippen molar-refractivity contribution in [3.8, 4) is 28.4 Å². The van der Waals surface area contributed by atoms with Gasteiger partial charge in [0.2, 0.25) is 0 Å². The van der Waals surface area contributed by atoms with Gasteiger partial charge < -0.3 is 18.9 Å². The monoisotopic (exact) mass is 502 g/mol. The van der Waals surface area contributed by atoms with Gasteiger partial charge in [0.05, 0.1) is 25.5 Å². The molecule has 0 N–H and O–H groups in total. The maximum atomic E-state index is 13.6. The van der Waals surface area contributed by atoms with Crippen LogP contribution in [0.3, 0.4) is 0 Å². The van der Waals surface area contributed by atoms with Crippen molar-refractivity contribution in [2.24, 2.45) is 0 Å². The molecule has 6 heteroatoms. The number of aryl methyl sites for hydroxylation is 1. The minimum Gasteiger partial charge on any atom is -0.493 e. The van der Waals surface area contributed by atoms with Crippen LogP contribution in [-0.2, 0) is 6.42 Å². The normalized spacial score (nSPS) is 10.8. The van der Waals surface area contributed by atoms with E-state index in [1.165, 1.54) is 0 Å². The van der Waals surface area contributed by atoms with Gasteiger partial charge in [-0.1, -0.05) is 48.0 Å². The van der Waals surface area contributed by atoms with Gasteiger partial charge >= 0.3 is 0 Å². The summed E-state index contributed by atoms with van der Waals surface area (Å²) in [4.78, 5) is 15.4. The van der Waals surface area contributed by atoms with Crippen molar-refractivity contribution in [2.75, 3.05) is 27.8 Å². The van der Waals surface area contributed by atoms with Crippen LogP contribution < -0.4 is 9.47 Å². The van der Waals surface area contributed by atoms with E-state index in [0.29, 0.717) is 35.1 Å². The number of hydrogen-bond acceptors (Lipinski definition) is 3. The van der Waals surface area contributed by atoms with E-state index in [4.69, 9.17) is 21.1 Å². The third kappa shape index (κ3) is 5.12. The smallest absolute Gasteiger partial charge is 0.255 e. The van der Waals surface area contributed by atoms with Gasteiger partial charge in [0, 0.05) is 30.0 Å². The van der Waals surface area contributed by atoms with Crippen LogP contribution in [0.15, 0.2) is 72.8 Å². The summed E-state index contributed by atoms with van der Waals surface area (Å²) in [6, 6.07) is 23.7. The van der Waals surface area contributed by atoms with Crippen molar-refractivity contribution in [2.45, 2.75) is 20.3 Å². The van der Waals surface area contributed by atoms with Crippen LogP contribution in [0.4, 0.5) is 0 Å². The number of rotatable bonds is 8. The molecule has 0 bridgehead atoms. The minimum atomic E-state index is -0.0180. The molecular formula is C30H31ClN2O3. The summed E-state index contributed by atoms with van der Waals surface area (Å²) in [5.41, 5.74) is 6.78. The molecule has 4 rings (SSSR count). The number of likely N-dealkylation sites (N-methyl/N-ethyl adjacent to an activating group) is 1. The Hall–Kier alpha value is -3.70. The second-order valence-electron chi connectivity index (χ2n) is 8.82. The highest BCUT2D eigenvalue weighted by Crippen LogP contribution is 2.32. The Morgan fingerprint density at radius 1 is 0.917 bits per heavy atom. The molecule has 36 heavy (non-hydrogen) atoms. The summed E-state index contributed by atoms with van der Waals surface area (Å²) >= 11 is 6.15. The van der Waals surface area contributed by atoms with Crippen LogP contribution in [0, 0.1) is 13.8 Å². The number of carbonyl (C=O) groups is 1. The van der Waals surface area contributed by atoms with Gasteiger partial charge in [-0.05, 0) is 73.4 Å². The number of amides is 1. The fourth-order valence-corrected chi connectivity index (χ4v) is 4.55. The molecule has 0 saturated carbocycles. The van der Waals surface area contributed by atoms with E-state index in [-0.39, 0.29) is 5.91 Å². The standard InChI is InChI=1S/C30H31ClN2O3/c1-20-8-6-7-9-26(20)33-21(2)25(19-27(33)23-11-13-24(31)14-12-23)30(34)32(3)17-16-22-10-15-28(35-4)29(18-22)36-5/h6-15,18-19H,16-17H2,1-5H3. The van der Waals surface area contributed by atoms with Gasteiger partial charge in [-0.2, -0.15) is 0 Å². The summed E-state index contributed by atoms with van der Waals surface area (Å²) in [5, 5.41) is 0.677. The van der Waals surface area contributed by atoms with Crippen molar-refractivity contribution in [3.63, 3.8) is 0 Å². The van der Waals surface area contributed by atoms with Gasteiger partial charge in [0.15, 0.2) is 11.5 Å². The van der Waals surface area contributed by atoms with Crippen LogP contribution in [-0.4, -0.2) is 43.2 Å². The van der Waals surface area contributed by atoms with Gasteiger partial charge in [0.25, 0.3) is 5.91 Å². The predicted molar refractivity (Wildman–Crippen MR) is 146 cm³/mol. The Bertz CT molecular complexity index is 1380. The summed E-state index contributed by atoms with van der Waals surface area (Å²) in [5.74, 6) is 1.35. The zero-order valence-corrected chi connectivity index (χ0v) is 22.1. The van der Waals surface area contributed by atoms with Gasteiger partial charge in [-0.25, -0.2) is 0 Å². The second kappa shape index (κ2) is 10.9. The van der Waals surface area contributed by atoms with Gasteiger partial charge in [-0.15, -0.1) is 0 Å². The predicted octanol–water partition coefficient (Wildman–Crippen LogP) is 6.75. The summed E-state index contributed by atoms with van der Waals surface area (Å²) in [6.45, 7) is 4.65.